The number of aryl methyl sites for hydroxylation is 3. The Morgan fingerprint density at radius 2 is 1.87 bits per heavy atom. The van der Waals surface area contributed by atoms with Gasteiger partial charge in [-0.2, -0.15) is 0 Å². The third kappa shape index (κ3) is 3.77. The van der Waals surface area contributed by atoms with Crippen LogP contribution >= 0.6 is 0 Å². The number of anilines is 1. The van der Waals surface area contributed by atoms with Crippen LogP contribution in [0.1, 0.15) is 32.9 Å². The molecule has 122 valence electrons. The summed E-state index contributed by atoms with van der Waals surface area (Å²) in [6.45, 7) is 5.97. The first-order chi connectivity index (χ1) is 10.8. The van der Waals surface area contributed by atoms with Crippen LogP contribution in [-0.2, 0) is 6.61 Å². The van der Waals surface area contributed by atoms with Gasteiger partial charge in [-0.1, -0.05) is 6.07 Å². The summed E-state index contributed by atoms with van der Waals surface area (Å²) in [6.07, 6.45) is 0. The summed E-state index contributed by atoms with van der Waals surface area (Å²) in [7, 11) is 3.37. The number of amides is 1. The van der Waals surface area contributed by atoms with Crippen LogP contribution in [0.3, 0.4) is 0 Å². The van der Waals surface area contributed by atoms with Crippen molar-refractivity contribution in [1.29, 1.82) is 0 Å². The van der Waals surface area contributed by atoms with Gasteiger partial charge >= 0.3 is 0 Å². The van der Waals surface area contributed by atoms with Crippen LogP contribution in [-0.4, -0.2) is 34.9 Å². The molecule has 0 saturated carbocycles. The fourth-order valence-electron chi connectivity index (χ4n) is 2.22. The van der Waals surface area contributed by atoms with Gasteiger partial charge in [0.05, 0.1) is 17.0 Å². The van der Waals surface area contributed by atoms with Gasteiger partial charge in [0.1, 0.15) is 12.4 Å². The highest BCUT2D eigenvalue weighted by Gasteiger charge is 2.20. The zero-order chi connectivity index (χ0) is 17.1. The molecule has 1 amide bonds. The molecule has 0 aliphatic carbocycles. The van der Waals surface area contributed by atoms with Crippen molar-refractivity contribution in [2.24, 2.45) is 0 Å². The fraction of sp³-hybridized carbons (Fsp3) is 0.353. The molecular formula is C17H22N4O2. The van der Waals surface area contributed by atoms with Crippen molar-refractivity contribution >= 4 is 11.9 Å². The van der Waals surface area contributed by atoms with E-state index in [1.54, 1.807) is 21.0 Å². The summed E-state index contributed by atoms with van der Waals surface area (Å²) in [5.74, 6) is 0.698. The van der Waals surface area contributed by atoms with E-state index in [0.717, 1.165) is 11.3 Å². The normalized spacial score (nSPS) is 10.5. The largest absolute Gasteiger partial charge is 0.487 e. The number of nitrogens with zero attached hydrogens (tertiary/aromatic N) is 3. The van der Waals surface area contributed by atoms with Gasteiger partial charge in [-0.05, 0) is 44.0 Å². The van der Waals surface area contributed by atoms with Gasteiger partial charge in [-0.25, -0.2) is 9.97 Å². The first-order valence-corrected chi connectivity index (χ1v) is 7.34. The summed E-state index contributed by atoms with van der Waals surface area (Å²) in [5, 5.41) is 0. The Hall–Kier alpha value is -2.63. The zero-order valence-electron chi connectivity index (χ0n) is 14.2. The maximum Gasteiger partial charge on any atom is 0.257 e. The minimum atomic E-state index is -0.166. The van der Waals surface area contributed by atoms with Gasteiger partial charge in [0, 0.05) is 14.1 Å². The number of carbonyl (C=O) groups excluding carboxylic acids is 1. The summed E-state index contributed by atoms with van der Waals surface area (Å²) in [5.41, 5.74) is 9.54. The molecular weight excluding hydrogens is 292 g/mol. The second kappa shape index (κ2) is 6.64. The minimum absolute atomic E-state index is 0.136. The van der Waals surface area contributed by atoms with Crippen LogP contribution in [0.25, 0.3) is 0 Å². The van der Waals surface area contributed by atoms with E-state index < -0.39 is 0 Å². The first-order valence-electron chi connectivity index (χ1n) is 7.34. The number of hydrogen-bond acceptors (Lipinski definition) is 5. The highest BCUT2D eigenvalue weighted by atomic mass is 16.5. The lowest BCUT2D eigenvalue weighted by molar-refractivity contribution is 0.0823. The van der Waals surface area contributed by atoms with Crippen LogP contribution in [0.2, 0.25) is 0 Å². The van der Waals surface area contributed by atoms with E-state index in [0.29, 0.717) is 17.0 Å². The Kier molecular flexibility index (Phi) is 4.83. The van der Waals surface area contributed by atoms with Gasteiger partial charge in [-0.3, -0.25) is 4.79 Å². The summed E-state index contributed by atoms with van der Waals surface area (Å²) in [6, 6.07) is 5.85. The molecule has 0 aliphatic rings. The van der Waals surface area contributed by atoms with Crippen molar-refractivity contribution in [2.45, 2.75) is 27.4 Å². The molecule has 23 heavy (non-hydrogen) atoms. The molecule has 2 N–H and O–H groups in total. The molecule has 1 heterocycles. The molecule has 0 fully saturated rings. The molecule has 0 saturated heterocycles. The highest BCUT2D eigenvalue weighted by Crippen LogP contribution is 2.20. The van der Waals surface area contributed by atoms with Crippen molar-refractivity contribution in [2.75, 3.05) is 19.8 Å². The maximum absolute atomic E-state index is 12.4. The third-order valence-electron chi connectivity index (χ3n) is 3.66. The summed E-state index contributed by atoms with van der Waals surface area (Å²) < 4.78 is 5.79. The topological polar surface area (TPSA) is 81.3 Å². The third-order valence-corrected chi connectivity index (χ3v) is 3.66. The van der Waals surface area contributed by atoms with Crippen molar-refractivity contribution < 1.29 is 9.53 Å². The van der Waals surface area contributed by atoms with Crippen LogP contribution in [0.5, 0.6) is 5.75 Å². The number of ether oxygens (including phenoxy) is 1. The number of carbonyl (C=O) groups is 1. The number of nitrogens with two attached hydrogens (primary N) is 1. The van der Waals surface area contributed by atoms with E-state index in [9.17, 15) is 4.79 Å². The standard InChI is InChI=1S/C17H22N4O2/c1-10-6-7-13(8-11(10)2)23-9-14-15(16(22)21(4)5)12(3)19-17(18)20-14/h6-8H,9H2,1-5H3,(H2,18,19,20). The second-order valence-electron chi connectivity index (χ2n) is 5.72. The fourth-order valence-corrected chi connectivity index (χ4v) is 2.22. The number of benzene rings is 1. The van der Waals surface area contributed by atoms with Gasteiger partial charge in [0.25, 0.3) is 5.91 Å². The quantitative estimate of drug-likeness (QED) is 0.936. The van der Waals surface area contributed by atoms with Gasteiger partial charge in [0.2, 0.25) is 5.95 Å². The SMILES string of the molecule is Cc1ccc(OCc2nc(N)nc(C)c2C(=O)N(C)C)cc1C. The van der Waals surface area contributed by atoms with Crippen LogP contribution in [0.15, 0.2) is 18.2 Å². The number of hydrogen-bond donors (Lipinski definition) is 1. The zero-order valence-corrected chi connectivity index (χ0v) is 14.2. The van der Waals surface area contributed by atoms with Crippen LogP contribution < -0.4 is 10.5 Å². The highest BCUT2D eigenvalue weighted by molar-refractivity contribution is 5.96. The lowest BCUT2D eigenvalue weighted by Gasteiger charge is -2.16. The number of nitrogen functional groups attached to an aromatic ring is 1. The van der Waals surface area contributed by atoms with Gasteiger partial charge < -0.3 is 15.4 Å². The van der Waals surface area contributed by atoms with Crippen molar-refractivity contribution in [3.05, 3.63) is 46.3 Å². The molecule has 0 bridgehead atoms. The smallest absolute Gasteiger partial charge is 0.257 e. The first kappa shape index (κ1) is 16.7. The Labute approximate surface area is 136 Å². The molecule has 1 aromatic carbocycles. The monoisotopic (exact) mass is 314 g/mol. The van der Waals surface area contributed by atoms with Crippen molar-refractivity contribution in [3.63, 3.8) is 0 Å². The molecule has 2 rings (SSSR count). The Morgan fingerprint density at radius 1 is 1.17 bits per heavy atom. The van der Waals surface area contributed by atoms with E-state index in [1.807, 2.05) is 32.0 Å². The minimum Gasteiger partial charge on any atom is -0.487 e. The molecule has 0 unspecified atom stereocenters. The summed E-state index contributed by atoms with van der Waals surface area (Å²) in [4.78, 5) is 22.1. The Balaban J connectivity index is 2.31. The number of aromatic nitrogens is 2. The van der Waals surface area contributed by atoms with E-state index in [-0.39, 0.29) is 18.5 Å². The molecule has 2 aromatic rings. The van der Waals surface area contributed by atoms with E-state index in [4.69, 9.17) is 10.5 Å². The predicted octanol–water partition coefficient (Wildman–Crippen LogP) is 2.26. The van der Waals surface area contributed by atoms with Gasteiger partial charge in [-0.15, -0.1) is 0 Å². The van der Waals surface area contributed by atoms with Crippen LogP contribution in [0, 0.1) is 20.8 Å². The molecule has 0 radical (unpaired) electrons. The Morgan fingerprint density at radius 3 is 2.48 bits per heavy atom. The van der Waals surface area contributed by atoms with E-state index in [1.165, 1.54) is 10.5 Å². The second-order valence-corrected chi connectivity index (χ2v) is 5.72. The van der Waals surface area contributed by atoms with Crippen molar-refractivity contribution in [1.82, 2.24) is 14.9 Å². The average Bonchev–Trinajstić information content (AvgIpc) is 2.47. The predicted molar refractivity (Wildman–Crippen MR) is 89.4 cm³/mol. The van der Waals surface area contributed by atoms with Gasteiger partial charge in [0.15, 0.2) is 0 Å². The van der Waals surface area contributed by atoms with Crippen LogP contribution in [0.4, 0.5) is 5.95 Å². The maximum atomic E-state index is 12.4. The van der Waals surface area contributed by atoms with E-state index >= 15 is 0 Å². The van der Waals surface area contributed by atoms with E-state index in [2.05, 4.69) is 9.97 Å². The molecule has 0 atom stereocenters. The van der Waals surface area contributed by atoms with Crippen molar-refractivity contribution in [3.8, 4) is 5.75 Å². The molecule has 0 spiro atoms. The lowest BCUT2D eigenvalue weighted by atomic mass is 10.1. The summed E-state index contributed by atoms with van der Waals surface area (Å²) >= 11 is 0. The molecule has 1 aromatic heterocycles. The molecule has 6 nitrogen and oxygen atoms in total. The lowest BCUT2D eigenvalue weighted by Crippen LogP contribution is -2.26. The molecule has 6 heteroatoms. The number of rotatable bonds is 4. The Bertz CT molecular complexity index is 742. The average molecular weight is 314 g/mol. The molecule has 0 aliphatic heterocycles.